The monoisotopic (exact) mass is 348 g/mol. The Morgan fingerprint density at radius 2 is 2.00 bits per heavy atom. The van der Waals surface area contributed by atoms with Crippen molar-refractivity contribution in [1.82, 2.24) is 15.0 Å². The zero-order valence-electron chi connectivity index (χ0n) is 8.71. The minimum Gasteiger partial charge on any atom is -0.262 e. The second kappa shape index (κ2) is 5.17. The van der Waals surface area contributed by atoms with E-state index in [-0.39, 0.29) is 15.9 Å². The molecule has 0 aliphatic carbocycles. The van der Waals surface area contributed by atoms with E-state index in [9.17, 15) is 8.42 Å². The molecule has 94 valence electrons. The number of nitrogens with one attached hydrogen (secondary N) is 1. The van der Waals surface area contributed by atoms with Gasteiger partial charge in [-0.3, -0.25) is 4.72 Å². The highest BCUT2D eigenvalue weighted by atomic mass is 79.9. The molecule has 2 aromatic heterocycles. The van der Waals surface area contributed by atoms with Crippen LogP contribution in [0.1, 0.15) is 0 Å². The Labute approximate surface area is 117 Å². The summed E-state index contributed by atoms with van der Waals surface area (Å²) in [4.78, 5) is 11.3. The fourth-order valence-corrected chi connectivity index (χ4v) is 2.78. The Morgan fingerprint density at radius 1 is 1.22 bits per heavy atom. The number of nitrogens with zero attached hydrogens (tertiary/aromatic N) is 3. The molecular formula is C9H6BrClN4O2S. The lowest BCUT2D eigenvalue weighted by Crippen LogP contribution is -2.14. The molecule has 0 radical (unpaired) electrons. The van der Waals surface area contributed by atoms with Crippen molar-refractivity contribution in [3.8, 4) is 0 Å². The van der Waals surface area contributed by atoms with E-state index in [0.717, 1.165) is 0 Å². The molecule has 18 heavy (non-hydrogen) atoms. The van der Waals surface area contributed by atoms with Crippen molar-refractivity contribution in [3.05, 3.63) is 40.5 Å². The first kappa shape index (κ1) is 13.2. The van der Waals surface area contributed by atoms with Crippen LogP contribution in [0.4, 0.5) is 5.82 Å². The third-order valence-corrected chi connectivity index (χ3v) is 4.08. The van der Waals surface area contributed by atoms with E-state index in [0.29, 0.717) is 4.60 Å². The van der Waals surface area contributed by atoms with E-state index in [1.54, 1.807) is 0 Å². The van der Waals surface area contributed by atoms with Crippen LogP contribution in [-0.2, 0) is 10.0 Å². The molecule has 0 saturated heterocycles. The lowest BCUT2D eigenvalue weighted by Gasteiger charge is -2.07. The highest BCUT2D eigenvalue weighted by Gasteiger charge is 2.18. The summed E-state index contributed by atoms with van der Waals surface area (Å²) in [6.07, 6.45) is 4.06. The van der Waals surface area contributed by atoms with Gasteiger partial charge in [0, 0.05) is 6.20 Å². The molecule has 1 N–H and O–H groups in total. The molecule has 2 rings (SSSR count). The van der Waals surface area contributed by atoms with Crippen LogP contribution in [-0.4, -0.2) is 23.4 Å². The van der Waals surface area contributed by atoms with Crippen LogP contribution in [0, 0.1) is 0 Å². The first-order valence-corrected chi connectivity index (χ1v) is 7.25. The molecule has 0 unspecified atom stereocenters. The number of pyridine rings is 1. The van der Waals surface area contributed by atoms with Crippen LogP contribution in [0.2, 0.25) is 5.15 Å². The largest absolute Gasteiger partial charge is 0.266 e. The quantitative estimate of drug-likeness (QED) is 0.858. The molecule has 0 bridgehead atoms. The summed E-state index contributed by atoms with van der Waals surface area (Å²) in [6.45, 7) is 0. The van der Waals surface area contributed by atoms with Gasteiger partial charge in [0.15, 0.2) is 5.82 Å². The summed E-state index contributed by atoms with van der Waals surface area (Å²) >= 11 is 8.83. The van der Waals surface area contributed by atoms with Gasteiger partial charge in [-0.2, -0.15) is 0 Å². The minimum absolute atomic E-state index is 0.0955. The summed E-state index contributed by atoms with van der Waals surface area (Å²) in [6, 6.07) is 2.83. The molecule has 0 atom stereocenters. The molecule has 0 amide bonds. The average molecular weight is 350 g/mol. The Hall–Kier alpha value is -1.25. The Kier molecular flexibility index (Phi) is 3.79. The average Bonchev–Trinajstić information content (AvgIpc) is 2.32. The van der Waals surface area contributed by atoms with Gasteiger partial charge in [-0.1, -0.05) is 11.6 Å². The van der Waals surface area contributed by atoms with Gasteiger partial charge in [0.1, 0.15) is 14.7 Å². The van der Waals surface area contributed by atoms with Crippen molar-refractivity contribution >= 4 is 43.4 Å². The molecule has 2 heterocycles. The Bertz CT molecular complexity index is 663. The van der Waals surface area contributed by atoms with Crippen LogP contribution in [0.3, 0.4) is 0 Å². The van der Waals surface area contributed by atoms with Crippen molar-refractivity contribution in [3.63, 3.8) is 0 Å². The molecule has 0 spiro atoms. The van der Waals surface area contributed by atoms with Crippen molar-refractivity contribution in [2.24, 2.45) is 0 Å². The first-order chi connectivity index (χ1) is 8.49. The second-order valence-corrected chi connectivity index (χ2v) is 5.94. The number of hydrogen-bond donors (Lipinski definition) is 1. The van der Waals surface area contributed by atoms with Crippen molar-refractivity contribution in [2.75, 3.05) is 4.72 Å². The van der Waals surface area contributed by atoms with E-state index < -0.39 is 10.0 Å². The fraction of sp³-hybridized carbons (Fsp3) is 0. The van der Waals surface area contributed by atoms with Gasteiger partial charge >= 0.3 is 0 Å². The number of hydrogen-bond acceptors (Lipinski definition) is 5. The summed E-state index contributed by atoms with van der Waals surface area (Å²) in [5.41, 5.74) is 0. The second-order valence-electron chi connectivity index (χ2n) is 3.12. The molecular weight excluding hydrogens is 344 g/mol. The van der Waals surface area contributed by atoms with E-state index >= 15 is 0 Å². The Balaban J connectivity index is 2.33. The predicted octanol–water partition coefficient (Wildman–Crippen LogP) is 2.09. The van der Waals surface area contributed by atoms with Crippen LogP contribution in [0.15, 0.2) is 40.2 Å². The number of sulfonamides is 1. The van der Waals surface area contributed by atoms with Crippen molar-refractivity contribution in [1.29, 1.82) is 0 Å². The normalized spacial score (nSPS) is 11.2. The standard InChI is InChI=1S/C9H6BrClN4O2S/c10-7-4-14-8(5-13-7)15-18(16,17)6-2-1-3-12-9(6)11/h1-5H,(H,14,15). The van der Waals surface area contributed by atoms with E-state index in [1.807, 2.05) is 0 Å². The molecule has 0 aromatic carbocycles. The fourth-order valence-electron chi connectivity index (χ4n) is 1.13. The van der Waals surface area contributed by atoms with E-state index in [1.165, 1.54) is 30.7 Å². The number of anilines is 1. The highest BCUT2D eigenvalue weighted by molar-refractivity contribution is 9.10. The van der Waals surface area contributed by atoms with E-state index in [4.69, 9.17) is 11.6 Å². The zero-order valence-corrected chi connectivity index (χ0v) is 11.9. The minimum atomic E-state index is -3.82. The lowest BCUT2D eigenvalue weighted by atomic mass is 10.5. The third kappa shape index (κ3) is 2.95. The zero-order chi connectivity index (χ0) is 13.2. The summed E-state index contributed by atoms with van der Waals surface area (Å²) < 4.78 is 26.7. The number of aromatic nitrogens is 3. The maximum Gasteiger partial charge on any atom is 0.266 e. The smallest absolute Gasteiger partial charge is 0.262 e. The number of rotatable bonds is 3. The van der Waals surface area contributed by atoms with Crippen molar-refractivity contribution in [2.45, 2.75) is 4.90 Å². The maximum absolute atomic E-state index is 12.0. The third-order valence-electron chi connectivity index (χ3n) is 1.87. The van der Waals surface area contributed by atoms with Crippen LogP contribution >= 0.6 is 27.5 Å². The van der Waals surface area contributed by atoms with Gasteiger partial charge in [-0.05, 0) is 28.1 Å². The van der Waals surface area contributed by atoms with E-state index in [2.05, 4.69) is 35.6 Å². The maximum atomic E-state index is 12.0. The van der Waals surface area contributed by atoms with Crippen molar-refractivity contribution < 1.29 is 8.42 Å². The van der Waals surface area contributed by atoms with Crippen LogP contribution in [0.25, 0.3) is 0 Å². The molecule has 9 heteroatoms. The van der Waals surface area contributed by atoms with Gasteiger partial charge in [0.25, 0.3) is 10.0 Å². The molecule has 0 saturated carbocycles. The molecule has 0 aliphatic rings. The molecule has 0 fully saturated rings. The molecule has 0 aliphatic heterocycles. The number of halogens is 2. The molecule has 6 nitrogen and oxygen atoms in total. The predicted molar refractivity (Wildman–Crippen MR) is 69.8 cm³/mol. The topological polar surface area (TPSA) is 84.8 Å². The van der Waals surface area contributed by atoms with Gasteiger partial charge < -0.3 is 0 Å². The molecule has 2 aromatic rings. The summed E-state index contributed by atoms with van der Waals surface area (Å²) in [7, 11) is -3.82. The lowest BCUT2D eigenvalue weighted by molar-refractivity contribution is 0.600. The van der Waals surface area contributed by atoms with Crippen LogP contribution < -0.4 is 4.72 Å². The summed E-state index contributed by atoms with van der Waals surface area (Å²) in [5.74, 6) is 0.0955. The SMILES string of the molecule is O=S(=O)(Nc1cnc(Br)cn1)c1cccnc1Cl. The summed E-state index contributed by atoms with van der Waals surface area (Å²) in [5, 5.41) is -0.102. The first-order valence-electron chi connectivity index (χ1n) is 4.60. The van der Waals surface area contributed by atoms with Gasteiger partial charge in [0.2, 0.25) is 0 Å². The van der Waals surface area contributed by atoms with Gasteiger partial charge in [-0.25, -0.2) is 23.4 Å². The van der Waals surface area contributed by atoms with Gasteiger partial charge in [-0.15, -0.1) is 0 Å². The highest BCUT2D eigenvalue weighted by Crippen LogP contribution is 2.20. The van der Waals surface area contributed by atoms with Crippen LogP contribution in [0.5, 0.6) is 0 Å². The Morgan fingerprint density at radius 3 is 2.61 bits per heavy atom. The van der Waals surface area contributed by atoms with Gasteiger partial charge in [0.05, 0.1) is 12.4 Å².